The van der Waals surface area contributed by atoms with Gasteiger partial charge in [0, 0.05) is 32.4 Å². The highest BCUT2D eigenvalue weighted by atomic mass is 16.5. The average molecular weight is 370 g/mol. The molecule has 1 aliphatic heterocycles. The summed E-state index contributed by atoms with van der Waals surface area (Å²) < 4.78 is 5.79. The van der Waals surface area contributed by atoms with Gasteiger partial charge in [0.25, 0.3) is 5.91 Å². The van der Waals surface area contributed by atoms with Gasteiger partial charge in [-0.1, -0.05) is 18.2 Å². The second kappa shape index (κ2) is 8.62. The zero-order valence-corrected chi connectivity index (χ0v) is 15.8. The molecule has 2 heterocycles. The Bertz CT molecular complexity index is 767. The predicted octanol–water partition coefficient (Wildman–Crippen LogP) is 2.26. The summed E-state index contributed by atoms with van der Waals surface area (Å²) in [5, 5.41) is 2.96. The maximum absolute atomic E-state index is 12.4. The Kier molecular flexibility index (Phi) is 6.01. The molecule has 7 heteroatoms. The molecule has 0 aliphatic carbocycles. The highest BCUT2D eigenvalue weighted by Crippen LogP contribution is 2.16. The Morgan fingerprint density at radius 3 is 2.48 bits per heavy atom. The van der Waals surface area contributed by atoms with Crippen molar-refractivity contribution in [2.45, 2.75) is 19.9 Å². The van der Waals surface area contributed by atoms with E-state index in [2.05, 4.69) is 10.3 Å². The molecule has 2 N–H and O–H groups in total. The fourth-order valence-corrected chi connectivity index (χ4v) is 3.02. The van der Waals surface area contributed by atoms with Gasteiger partial charge in [0.15, 0.2) is 0 Å². The van der Waals surface area contributed by atoms with Crippen LogP contribution in [-0.2, 0) is 0 Å². The maximum Gasteiger partial charge on any atom is 0.317 e. The Morgan fingerprint density at radius 1 is 1.11 bits per heavy atom. The van der Waals surface area contributed by atoms with Crippen LogP contribution in [0.2, 0.25) is 0 Å². The van der Waals surface area contributed by atoms with E-state index >= 15 is 0 Å². The number of urea groups is 1. The molecule has 144 valence electrons. The molecule has 27 heavy (non-hydrogen) atoms. The lowest BCUT2D eigenvalue weighted by atomic mass is 10.2. The third kappa shape index (κ3) is 4.81. The third-order valence-electron chi connectivity index (χ3n) is 4.63. The highest BCUT2D eigenvalue weighted by molar-refractivity contribution is 5.92. The number of piperazine rings is 1. The van der Waals surface area contributed by atoms with Crippen molar-refractivity contribution in [1.29, 1.82) is 0 Å². The highest BCUT2D eigenvalue weighted by Gasteiger charge is 2.25. The van der Waals surface area contributed by atoms with Gasteiger partial charge in [-0.2, -0.15) is 0 Å². The number of H-pyrrole nitrogens is 1. The standard InChI is InChI=1S/C20H26N4O3/c1-15-6-3-4-8-18(15)27-14-16(2)22-20(26)24-12-10-23(11-13-24)19(25)17-7-5-9-21-17/h3-9,16,21H,10-14H2,1-2H3,(H,22,26)/t16-/m0/s1. The fraction of sp³-hybridized carbons (Fsp3) is 0.400. The molecule has 1 atom stereocenters. The van der Waals surface area contributed by atoms with E-state index in [9.17, 15) is 9.59 Å². The number of aryl methyl sites for hydroxylation is 1. The van der Waals surface area contributed by atoms with Crippen LogP contribution in [0, 0.1) is 6.92 Å². The summed E-state index contributed by atoms with van der Waals surface area (Å²) in [5.41, 5.74) is 1.65. The summed E-state index contributed by atoms with van der Waals surface area (Å²) in [6.07, 6.45) is 1.73. The van der Waals surface area contributed by atoms with Crippen molar-refractivity contribution in [1.82, 2.24) is 20.1 Å². The van der Waals surface area contributed by atoms with Crippen LogP contribution >= 0.6 is 0 Å². The number of rotatable bonds is 5. The Hall–Kier alpha value is -2.96. The van der Waals surface area contributed by atoms with E-state index in [1.807, 2.05) is 38.1 Å². The van der Waals surface area contributed by atoms with Gasteiger partial charge in [-0.05, 0) is 37.6 Å². The van der Waals surface area contributed by atoms with Crippen molar-refractivity contribution >= 4 is 11.9 Å². The largest absolute Gasteiger partial charge is 0.491 e. The van der Waals surface area contributed by atoms with E-state index in [-0.39, 0.29) is 18.0 Å². The number of hydrogen-bond donors (Lipinski definition) is 2. The lowest BCUT2D eigenvalue weighted by Crippen LogP contribution is -2.54. The van der Waals surface area contributed by atoms with Crippen molar-refractivity contribution in [3.05, 3.63) is 53.9 Å². The topological polar surface area (TPSA) is 77.7 Å². The first kappa shape index (κ1) is 18.8. The Morgan fingerprint density at radius 2 is 1.81 bits per heavy atom. The molecule has 7 nitrogen and oxygen atoms in total. The summed E-state index contributed by atoms with van der Waals surface area (Å²) in [6, 6.07) is 11.1. The molecule has 0 bridgehead atoms. The Labute approximate surface area is 159 Å². The van der Waals surface area contributed by atoms with Crippen LogP contribution in [0.1, 0.15) is 23.0 Å². The van der Waals surface area contributed by atoms with Crippen molar-refractivity contribution < 1.29 is 14.3 Å². The van der Waals surface area contributed by atoms with Gasteiger partial charge in [-0.15, -0.1) is 0 Å². The van der Waals surface area contributed by atoms with Gasteiger partial charge < -0.3 is 24.8 Å². The smallest absolute Gasteiger partial charge is 0.317 e. The van der Waals surface area contributed by atoms with Crippen LogP contribution < -0.4 is 10.1 Å². The number of para-hydroxylation sites is 1. The summed E-state index contributed by atoms with van der Waals surface area (Å²) in [5.74, 6) is 0.801. The summed E-state index contributed by atoms with van der Waals surface area (Å²) in [4.78, 5) is 31.2. The molecule has 1 aromatic heterocycles. The van der Waals surface area contributed by atoms with Gasteiger partial charge in [-0.25, -0.2) is 4.79 Å². The normalized spacial score (nSPS) is 15.3. The van der Waals surface area contributed by atoms with Crippen LogP contribution in [-0.4, -0.2) is 65.5 Å². The zero-order chi connectivity index (χ0) is 19.2. The van der Waals surface area contributed by atoms with E-state index in [4.69, 9.17) is 4.74 Å². The van der Waals surface area contributed by atoms with Crippen molar-refractivity contribution in [2.75, 3.05) is 32.8 Å². The molecular weight excluding hydrogens is 344 g/mol. The lowest BCUT2D eigenvalue weighted by Gasteiger charge is -2.35. The molecule has 3 rings (SSSR count). The second-order valence-electron chi connectivity index (χ2n) is 6.79. The van der Waals surface area contributed by atoms with Crippen molar-refractivity contribution in [3.8, 4) is 5.75 Å². The summed E-state index contributed by atoms with van der Waals surface area (Å²) >= 11 is 0. The third-order valence-corrected chi connectivity index (χ3v) is 4.63. The first-order valence-corrected chi connectivity index (χ1v) is 9.21. The monoisotopic (exact) mass is 370 g/mol. The second-order valence-corrected chi connectivity index (χ2v) is 6.79. The molecule has 1 aromatic carbocycles. The maximum atomic E-state index is 12.4. The van der Waals surface area contributed by atoms with Gasteiger partial charge >= 0.3 is 6.03 Å². The number of carbonyl (C=O) groups excluding carboxylic acids is 2. The lowest BCUT2D eigenvalue weighted by molar-refractivity contribution is 0.0657. The van der Waals surface area contributed by atoms with Crippen LogP contribution in [0.25, 0.3) is 0 Å². The molecule has 0 unspecified atom stereocenters. The number of hydrogen-bond acceptors (Lipinski definition) is 3. The fourth-order valence-electron chi connectivity index (χ4n) is 3.02. The first-order valence-electron chi connectivity index (χ1n) is 9.21. The van der Waals surface area contributed by atoms with Crippen LogP contribution in [0.4, 0.5) is 4.79 Å². The van der Waals surface area contributed by atoms with Crippen molar-refractivity contribution in [2.24, 2.45) is 0 Å². The first-order chi connectivity index (χ1) is 13.0. The number of amides is 3. The van der Waals surface area contributed by atoms with E-state index in [0.717, 1.165) is 11.3 Å². The molecule has 1 saturated heterocycles. The van der Waals surface area contributed by atoms with E-state index in [1.54, 1.807) is 28.1 Å². The van der Waals surface area contributed by atoms with Gasteiger partial charge in [0.05, 0.1) is 6.04 Å². The van der Waals surface area contributed by atoms with E-state index < -0.39 is 0 Å². The molecule has 0 saturated carbocycles. The number of nitrogens with zero attached hydrogens (tertiary/aromatic N) is 2. The minimum atomic E-state index is -0.122. The SMILES string of the molecule is Cc1ccccc1OC[C@H](C)NC(=O)N1CCN(C(=O)c2ccc[nH]2)CC1. The molecular formula is C20H26N4O3. The number of ether oxygens (including phenoxy) is 1. The number of benzene rings is 1. The minimum absolute atomic E-state index is 0.0277. The van der Waals surface area contributed by atoms with Crippen LogP contribution in [0.3, 0.4) is 0 Å². The molecule has 1 aliphatic rings. The molecule has 0 spiro atoms. The average Bonchev–Trinajstić information content (AvgIpc) is 3.21. The molecule has 1 fully saturated rings. The summed E-state index contributed by atoms with van der Waals surface area (Å²) in [6.45, 7) is 6.40. The zero-order valence-electron chi connectivity index (χ0n) is 15.8. The minimum Gasteiger partial charge on any atom is -0.491 e. The van der Waals surface area contributed by atoms with Gasteiger partial charge in [-0.3, -0.25) is 4.79 Å². The quantitative estimate of drug-likeness (QED) is 0.847. The van der Waals surface area contributed by atoms with Crippen molar-refractivity contribution in [3.63, 3.8) is 0 Å². The van der Waals surface area contributed by atoms with Crippen LogP contribution in [0.5, 0.6) is 5.75 Å². The number of nitrogens with one attached hydrogen (secondary N) is 2. The van der Waals surface area contributed by atoms with E-state index in [1.165, 1.54) is 0 Å². The molecule has 0 radical (unpaired) electrons. The van der Waals surface area contributed by atoms with Gasteiger partial charge in [0.2, 0.25) is 0 Å². The number of aromatic amines is 1. The van der Waals surface area contributed by atoms with Gasteiger partial charge in [0.1, 0.15) is 18.1 Å². The predicted molar refractivity (Wildman–Crippen MR) is 103 cm³/mol. The van der Waals surface area contributed by atoms with Crippen LogP contribution in [0.15, 0.2) is 42.6 Å². The molecule has 3 amide bonds. The Balaban J connectivity index is 1.42. The summed E-state index contributed by atoms with van der Waals surface area (Å²) in [7, 11) is 0. The van der Waals surface area contributed by atoms with E-state index in [0.29, 0.717) is 38.5 Å². The number of aromatic nitrogens is 1. The number of carbonyl (C=O) groups is 2. The molecule has 2 aromatic rings.